The third kappa shape index (κ3) is 2.50. The molecule has 0 N–H and O–H groups in total. The van der Waals surface area contributed by atoms with Crippen LogP contribution >= 0.6 is 0 Å². The van der Waals surface area contributed by atoms with Gasteiger partial charge in [0.15, 0.2) is 0 Å². The van der Waals surface area contributed by atoms with E-state index in [1.54, 1.807) is 18.3 Å². The first-order valence-electron chi connectivity index (χ1n) is 6.36. The van der Waals surface area contributed by atoms with Gasteiger partial charge in [-0.25, -0.2) is 0 Å². The first-order valence-corrected chi connectivity index (χ1v) is 6.36. The molecule has 1 saturated carbocycles. The van der Waals surface area contributed by atoms with Crippen LogP contribution in [0.5, 0.6) is 0 Å². The summed E-state index contributed by atoms with van der Waals surface area (Å²) in [6, 6.07) is 5.37. The number of rotatable bonds is 1. The van der Waals surface area contributed by atoms with Gasteiger partial charge in [-0.3, -0.25) is 14.6 Å². The standard InChI is InChI=1S/C15H19NO2/c1-15(2,3)10-8-12(17)14(13(18)9-10)11-6-4-5-7-16-11/h4-7,10,14H,8-9H2,1-3H3. The van der Waals surface area contributed by atoms with Gasteiger partial charge >= 0.3 is 0 Å². The largest absolute Gasteiger partial charge is 0.298 e. The fourth-order valence-electron chi connectivity index (χ4n) is 2.46. The average Bonchev–Trinajstić information content (AvgIpc) is 2.28. The second-order valence-electron chi connectivity index (χ2n) is 6.09. The Balaban J connectivity index is 2.23. The van der Waals surface area contributed by atoms with Gasteiger partial charge in [-0.15, -0.1) is 0 Å². The Kier molecular flexibility index (Phi) is 3.33. The van der Waals surface area contributed by atoms with E-state index < -0.39 is 5.92 Å². The van der Waals surface area contributed by atoms with E-state index in [0.717, 1.165) is 0 Å². The molecule has 0 radical (unpaired) electrons. The second-order valence-corrected chi connectivity index (χ2v) is 6.09. The number of carbonyl (C=O) groups is 2. The Morgan fingerprint density at radius 3 is 2.17 bits per heavy atom. The molecule has 1 fully saturated rings. The van der Waals surface area contributed by atoms with Crippen LogP contribution in [0, 0.1) is 11.3 Å². The van der Waals surface area contributed by atoms with Crippen LogP contribution in [0.2, 0.25) is 0 Å². The molecule has 0 aliphatic heterocycles. The normalized spacial score (nSPS) is 25.3. The van der Waals surface area contributed by atoms with E-state index in [0.29, 0.717) is 18.5 Å². The molecule has 1 aromatic heterocycles. The number of hydrogen-bond acceptors (Lipinski definition) is 3. The van der Waals surface area contributed by atoms with Crippen LogP contribution in [0.25, 0.3) is 0 Å². The third-order valence-electron chi connectivity index (χ3n) is 3.75. The summed E-state index contributed by atoms with van der Waals surface area (Å²) in [7, 11) is 0. The molecule has 0 bridgehead atoms. The fraction of sp³-hybridized carbons (Fsp3) is 0.533. The van der Waals surface area contributed by atoms with Crippen LogP contribution < -0.4 is 0 Å². The summed E-state index contributed by atoms with van der Waals surface area (Å²) in [5, 5.41) is 0. The van der Waals surface area contributed by atoms with Crippen LogP contribution in [-0.2, 0) is 9.59 Å². The molecule has 0 amide bonds. The minimum Gasteiger partial charge on any atom is -0.298 e. The minimum absolute atomic E-state index is 0.000403. The van der Waals surface area contributed by atoms with E-state index in [1.165, 1.54) is 0 Å². The van der Waals surface area contributed by atoms with Crippen molar-refractivity contribution in [2.75, 3.05) is 0 Å². The number of hydrogen-bond donors (Lipinski definition) is 0. The Hall–Kier alpha value is -1.51. The highest BCUT2D eigenvalue weighted by Gasteiger charge is 2.41. The summed E-state index contributed by atoms with van der Waals surface area (Å²) in [6.45, 7) is 6.25. The van der Waals surface area contributed by atoms with Gasteiger partial charge < -0.3 is 0 Å². The lowest BCUT2D eigenvalue weighted by Crippen LogP contribution is -2.37. The van der Waals surface area contributed by atoms with E-state index in [1.807, 2.05) is 6.07 Å². The lowest BCUT2D eigenvalue weighted by Gasteiger charge is -2.35. The van der Waals surface area contributed by atoms with Gasteiger partial charge in [0, 0.05) is 19.0 Å². The molecule has 3 heteroatoms. The Morgan fingerprint density at radius 2 is 1.72 bits per heavy atom. The van der Waals surface area contributed by atoms with Crippen LogP contribution in [-0.4, -0.2) is 16.6 Å². The van der Waals surface area contributed by atoms with Crippen molar-refractivity contribution in [2.45, 2.75) is 39.5 Å². The lowest BCUT2D eigenvalue weighted by molar-refractivity contribution is -0.135. The fourth-order valence-corrected chi connectivity index (χ4v) is 2.46. The van der Waals surface area contributed by atoms with Crippen LogP contribution in [0.15, 0.2) is 24.4 Å². The van der Waals surface area contributed by atoms with Gasteiger partial charge in [-0.2, -0.15) is 0 Å². The smallest absolute Gasteiger partial charge is 0.149 e. The van der Waals surface area contributed by atoms with Crippen molar-refractivity contribution in [3.63, 3.8) is 0 Å². The number of Topliss-reactive ketones (excluding diaryl/α,β-unsaturated/α-hetero) is 2. The summed E-state index contributed by atoms with van der Waals surface area (Å²) < 4.78 is 0. The highest BCUT2D eigenvalue weighted by molar-refractivity contribution is 6.09. The Morgan fingerprint density at radius 1 is 1.11 bits per heavy atom. The van der Waals surface area contributed by atoms with Crippen molar-refractivity contribution in [1.29, 1.82) is 0 Å². The summed E-state index contributed by atoms with van der Waals surface area (Å²) in [5.74, 6) is -0.447. The molecule has 0 saturated heterocycles. The SMILES string of the molecule is CC(C)(C)C1CC(=O)C(c2ccccn2)C(=O)C1. The van der Waals surface area contributed by atoms with Crippen molar-refractivity contribution < 1.29 is 9.59 Å². The molecule has 3 nitrogen and oxygen atoms in total. The van der Waals surface area contributed by atoms with Crippen molar-refractivity contribution in [3.8, 4) is 0 Å². The van der Waals surface area contributed by atoms with Crippen molar-refractivity contribution in [2.24, 2.45) is 11.3 Å². The van der Waals surface area contributed by atoms with Crippen LogP contribution in [0.3, 0.4) is 0 Å². The minimum atomic E-state index is -0.634. The first-order chi connectivity index (χ1) is 8.39. The molecule has 2 rings (SSSR count). The van der Waals surface area contributed by atoms with Crippen molar-refractivity contribution >= 4 is 11.6 Å². The first kappa shape index (κ1) is 12.9. The van der Waals surface area contributed by atoms with Crippen LogP contribution in [0.1, 0.15) is 45.2 Å². The summed E-state index contributed by atoms with van der Waals surface area (Å²) in [5.41, 5.74) is 0.597. The Labute approximate surface area is 108 Å². The van der Waals surface area contributed by atoms with Crippen molar-refractivity contribution in [3.05, 3.63) is 30.1 Å². The molecule has 1 aliphatic rings. The Bertz CT molecular complexity index is 441. The zero-order chi connectivity index (χ0) is 13.3. The number of ketones is 2. The molecule has 18 heavy (non-hydrogen) atoms. The molecule has 96 valence electrons. The molecular formula is C15H19NO2. The van der Waals surface area contributed by atoms with E-state index in [-0.39, 0.29) is 22.9 Å². The predicted molar refractivity (Wildman–Crippen MR) is 69.2 cm³/mol. The van der Waals surface area contributed by atoms with Gasteiger partial charge in [0.25, 0.3) is 0 Å². The predicted octanol–water partition coefficient (Wildman–Crippen LogP) is 2.76. The summed E-state index contributed by atoms with van der Waals surface area (Å²) in [4.78, 5) is 28.6. The van der Waals surface area contributed by atoms with E-state index in [2.05, 4.69) is 25.8 Å². The monoisotopic (exact) mass is 245 g/mol. The summed E-state index contributed by atoms with van der Waals surface area (Å²) in [6.07, 6.45) is 2.60. The highest BCUT2D eigenvalue weighted by Crippen LogP contribution is 2.39. The molecule has 1 heterocycles. The summed E-state index contributed by atoms with van der Waals surface area (Å²) >= 11 is 0. The third-order valence-corrected chi connectivity index (χ3v) is 3.75. The maximum atomic E-state index is 12.2. The molecule has 0 atom stereocenters. The van der Waals surface area contributed by atoms with Gasteiger partial charge in [0.05, 0.1) is 5.69 Å². The number of pyridine rings is 1. The second kappa shape index (κ2) is 4.63. The van der Waals surface area contributed by atoms with Gasteiger partial charge in [0.2, 0.25) is 0 Å². The average molecular weight is 245 g/mol. The number of carbonyl (C=O) groups excluding carboxylic acids is 2. The number of aromatic nitrogens is 1. The molecule has 0 unspecified atom stereocenters. The van der Waals surface area contributed by atoms with Crippen LogP contribution in [0.4, 0.5) is 0 Å². The molecule has 0 aromatic carbocycles. The van der Waals surface area contributed by atoms with E-state index in [4.69, 9.17) is 0 Å². The quantitative estimate of drug-likeness (QED) is 0.715. The topological polar surface area (TPSA) is 47.0 Å². The molecule has 1 aliphatic carbocycles. The van der Waals surface area contributed by atoms with E-state index in [9.17, 15) is 9.59 Å². The molecule has 1 aromatic rings. The molecular weight excluding hydrogens is 226 g/mol. The zero-order valence-electron chi connectivity index (χ0n) is 11.1. The van der Waals surface area contributed by atoms with Crippen molar-refractivity contribution in [1.82, 2.24) is 4.98 Å². The van der Waals surface area contributed by atoms with Gasteiger partial charge in [0.1, 0.15) is 17.5 Å². The van der Waals surface area contributed by atoms with Gasteiger partial charge in [-0.05, 0) is 23.5 Å². The van der Waals surface area contributed by atoms with E-state index >= 15 is 0 Å². The highest BCUT2D eigenvalue weighted by atomic mass is 16.2. The molecule has 0 spiro atoms. The van der Waals surface area contributed by atoms with Gasteiger partial charge in [-0.1, -0.05) is 26.8 Å². The lowest BCUT2D eigenvalue weighted by atomic mass is 9.68. The maximum Gasteiger partial charge on any atom is 0.149 e. The number of nitrogens with zero attached hydrogens (tertiary/aromatic N) is 1. The zero-order valence-corrected chi connectivity index (χ0v) is 11.1. The maximum absolute atomic E-state index is 12.2.